The van der Waals surface area contributed by atoms with Gasteiger partial charge in [0.25, 0.3) is 5.89 Å². The van der Waals surface area contributed by atoms with Crippen molar-refractivity contribution >= 4 is 35.8 Å². The van der Waals surface area contributed by atoms with Gasteiger partial charge in [0.15, 0.2) is 11.0 Å². The van der Waals surface area contributed by atoms with Crippen molar-refractivity contribution in [3.05, 3.63) is 35.5 Å². The second kappa shape index (κ2) is 8.57. The van der Waals surface area contributed by atoms with E-state index in [0.717, 1.165) is 24.8 Å². The highest BCUT2D eigenvalue weighted by Crippen LogP contribution is 2.33. The van der Waals surface area contributed by atoms with E-state index in [1.807, 2.05) is 17.8 Å². The van der Waals surface area contributed by atoms with Crippen LogP contribution in [0.5, 0.6) is 0 Å². The minimum absolute atomic E-state index is 0. The van der Waals surface area contributed by atoms with Crippen LogP contribution >= 0.6 is 35.8 Å². The lowest BCUT2D eigenvalue weighted by molar-refractivity contribution is 0.190. The lowest BCUT2D eigenvalue weighted by Crippen LogP contribution is -2.44. The molecule has 1 N–H and O–H groups in total. The number of hydrogen-bond acceptors (Lipinski definition) is 8. The van der Waals surface area contributed by atoms with E-state index in [9.17, 15) is 0 Å². The number of nitrogens with one attached hydrogen (secondary N) is 1. The summed E-state index contributed by atoms with van der Waals surface area (Å²) >= 11 is 7.81. The number of rotatable bonds is 4. The van der Waals surface area contributed by atoms with Gasteiger partial charge in [-0.1, -0.05) is 16.8 Å². The Morgan fingerprint density at radius 1 is 1.33 bits per heavy atom. The molecular formula is C16H19Cl2N7OS. The second-order valence-electron chi connectivity index (χ2n) is 6.09. The molecule has 3 aromatic rings. The number of halogens is 2. The number of pyridine rings is 1. The Labute approximate surface area is 172 Å². The lowest BCUT2D eigenvalue weighted by atomic mass is 10.2. The molecule has 4 rings (SSSR count). The van der Waals surface area contributed by atoms with E-state index in [2.05, 4.69) is 37.4 Å². The average molecular weight is 428 g/mol. The number of hydrogen-bond donors (Lipinski definition) is 1. The Kier molecular flexibility index (Phi) is 6.38. The van der Waals surface area contributed by atoms with E-state index >= 15 is 0 Å². The largest absolute Gasteiger partial charge is 0.334 e. The summed E-state index contributed by atoms with van der Waals surface area (Å²) in [4.78, 5) is 15.5. The predicted octanol–water partition coefficient (Wildman–Crippen LogP) is 2.67. The summed E-state index contributed by atoms with van der Waals surface area (Å²) in [6.07, 6.45) is 5.31. The van der Waals surface area contributed by atoms with E-state index in [0.29, 0.717) is 27.3 Å². The highest BCUT2D eigenvalue weighted by atomic mass is 35.5. The molecule has 4 heterocycles. The zero-order chi connectivity index (χ0) is 18.1. The van der Waals surface area contributed by atoms with E-state index < -0.39 is 0 Å². The molecule has 1 fully saturated rings. The van der Waals surface area contributed by atoms with Crippen molar-refractivity contribution in [1.29, 1.82) is 0 Å². The van der Waals surface area contributed by atoms with Gasteiger partial charge >= 0.3 is 0 Å². The Morgan fingerprint density at radius 2 is 2.19 bits per heavy atom. The molecule has 1 aliphatic heterocycles. The SMILES string of the molecule is CN1CCNCC1c1noc(-c2cnc(Sc3nccn3C)c(Cl)c2)n1.Cl. The van der Waals surface area contributed by atoms with Crippen LogP contribution in [0.4, 0.5) is 0 Å². The minimum Gasteiger partial charge on any atom is -0.334 e. The first-order valence-corrected chi connectivity index (χ1v) is 9.37. The van der Waals surface area contributed by atoms with Crippen molar-refractivity contribution in [3.8, 4) is 11.5 Å². The monoisotopic (exact) mass is 427 g/mol. The van der Waals surface area contributed by atoms with Gasteiger partial charge in [0.1, 0.15) is 5.03 Å². The summed E-state index contributed by atoms with van der Waals surface area (Å²) in [5.74, 6) is 1.08. The van der Waals surface area contributed by atoms with Gasteiger partial charge in [0.05, 0.1) is 16.6 Å². The Hall–Kier alpha value is -1.65. The van der Waals surface area contributed by atoms with Crippen molar-refractivity contribution in [2.75, 3.05) is 26.7 Å². The van der Waals surface area contributed by atoms with Gasteiger partial charge in [-0.05, 0) is 24.9 Å². The van der Waals surface area contributed by atoms with Gasteiger partial charge in [-0.25, -0.2) is 9.97 Å². The predicted molar refractivity (Wildman–Crippen MR) is 105 cm³/mol. The molecule has 1 aliphatic rings. The maximum Gasteiger partial charge on any atom is 0.259 e. The molecule has 0 aliphatic carbocycles. The van der Waals surface area contributed by atoms with Crippen LogP contribution in [0.3, 0.4) is 0 Å². The Balaban J connectivity index is 0.00000210. The molecule has 11 heteroatoms. The van der Waals surface area contributed by atoms with Gasteiger partial charge < -0.3 is 14.4 Å². The van der Waals surface area contributed by atoms with Crippen LogP contribution in [-0.4, -0.2) is 56.3 Å². The number of aryl methyl sites for hydroxylation is 1. The zero-order valence-electron chi connectivity index (χ0n) is 14.8. The van der Waals surface area contributed by atoms with Gasteiger partial charge in [0.2, 0.25) is 0 Å². The minimum atomic E-state index is 0. The van der Waals surface area contributed by atoms with Crippen LogP contribution in [0.15, 0.2) is 39.4 Å². The highest BCUT2D eigenvalue weighted by molar-refractivity contribution is 7.99. The topological polar surface area (TPSA) is 84.9 Å². The second-order valence-corrected chi connectivity index (χ2v) is 7.46. The molecule has 27 heavy (non-hydrogen) atoms. The fraction of sp³-hybridized carbons (Fsp3) is 0.375. The Morgan fingerprint density at radius 3 is 2.89 bits per heavy atom. The first-order chi connectivity index (χ1) is 12.6. The van der Waals surface area contributed by atoms with Crippen LogP contribution in [0, 0.1) is 0 Å². The molecule has 0 saturated carbocycles. The molecule has 1 atom stereocenters. The normalized spacial score (nSPS) is 17.7. The van der Waals surface area contributed by atoms with Crippen molar-refractivity contribution in [3.63, 3.8) is 0 Å². The number of aromatic nitrogens is 5. The van der Waals surface area contributed by atoms with Crippen LogP contribution < -0.4 is 5.32 Å². The quantitative estimate of drug-likeness (QED) is 0.679. The van der Waals surface area contributed by atoms with Crippen molar-refractivity contribution in [1.82, 2.24) is 34.9 Å². The van der Waals surface area contributed by atoms with Crippen LogP contribution in [0.25, 0.3) is 11.5 Å². The molecule has 0 amide bonds. The Bertz CT molecular complexity index is 916. The number of imidazole rings is 1. The molecule has 3 aromatic heterocycles. The standard InChI is InChI=1S/C16H18ClN7OS.ClH/c1-23-5-3-18-9-12(23)13-21-14(25-22-13)10-7-11(17)15(20-8-10)26-16-19-4-6-24(16)2;/h4,6-8,12,18H,3,5,9H2,1-2H3;1H. The third-order valence-corrected chi connectivity index (χ3v) is 5.76. The zero-order valence-corrected chi connectivity index (χ0v) is 17.2. The number of likely N-dealkylation sites (N-methyl/N-ethyl adjacent to an activating group) is 1. The smallest absolute Gasteiger partial charge is 0.259 e. The molecule has 0 radical (unpaired) electrons. The summed E-state index contributed by atoms with van der Waals surface area (Å²) in [6, 6.07) is 1.89. The number of piperazine rings is 1. The van der Waals surface area contributed by atoms with Crippen molar-refractivity contribution in [2.45, 2.75) is 16.2 Å². The van der Waals surface area contributed by atoms with Crippen LogP contribution in [-0.2, 0) is 7.05 Å². The van der Waals surface area contributed by atoms with E-state index in [-0.39, 0.29) is 18.4 Å². The molecule has 0 aromatic carbocycles. The highest BCUT2D eigenvalue weighted by Gasteiger charge is 2.25. The van der Waals surface area contributed by atoms with Crippen molar-refractivity contribution in [2.24, 2.45) is 7.05 Å². The summed E-state index contributed by atoms with van der Waals surface area (Å²) < 4.78 is 7.35. The molecule has 0 spiro atoms. The summed E-state index contributed by atoms with van der Waals surface area (Å²) in [7, 11) is 3.98. The third-order valence-electron chi connectivity index (χ3n) is 4.27. The fourth-order valence-electron chi connectivity index (χ4n) is 2.74. The molecular weight excluding hydrogens is 409 g/mol. The fourth-order valence-corrected chi connectivity index (χ4v) is 3.77. The molecule has 1 unspecified atom stereocenters. The van der Waals surface area contributed by atoms with Gasteiger partial charge in [-0.15, -0.1) is 12.4 Å². The van der Waals surface area contributed by atoms with Gasteiger partial charge in [-0.2, -0.15) is 4.98 Å². The van der Waals surface area contributed by atoms with Gasteiger partial charge in [-0.3, -0.25) is 4.90 Å². The third kappa shape index (κ3) is 4.27. The molecule has 0 bridgehead atoms. The first-order valence-electron chi connectivity index (χ1n) is 8.17. The number of nitrogens with zero attached hydrogens (tertiary/aromatic N) is 6. The summed E-state index contributed by atoms with van der Waals surface area (Å²) in [6.45, 7) is 2.71. The molecule has 8 nitrogen and oxygen atoms in total. The van der Waals surface area contributed by atoms with Crippen molar-refractivity contribution < 1.29 is 4.52 Å². The van der Waals surface area contributed by atoms with E-state index in [4.69, 9.17) is 16.1 Å². The van der Waals surface area contributed by atoms with Crippen LogP contribution in [0.1, 0.15) is 11.9 Å². The maximum atomic E-state index is 6.40. The first kappa shape index (κ1) is 20.1. The average Bonchev–Trinajstić information content (AvgIpc) is 3.27. The summed E-state index contributed by atoms with van der Waals surface area (Å²) in [5.41, 5.74) is 0.698. The lowest BCUT2D eigenvalue weighted by Gasteiger charge is -2.30. The van der Waals surface area contributed by atoms with Crippen LogP contribution in [0.2, 0.25) is 5.02 Å². The molecule has 144 valence electrons. The van der Waals surface area contributed by atoms with E-state index in [1.165, 1.54) is 11.8 Å². The van der Waals surface area contributed by atoms with Gasteiger partial charge in [0, 0.05) is 45.3 Å². The molecule has 1 saturated heterocycles. The summed E-state index contributed by atoms with van der Waals surface area (Å²) in [5, 5.41) is 9.50. The maximum absolute atomic E-state index is 6.40. The van der Waals surface area contributed by atoms with E-state index in [1.54, 1.807) is 18.5 Å².